The Morgan fingerprint density at radius 1 is 1.62 bits per heavy atom. The van der Waals surface area contributed by atoms with Gasteiger partial charge in [0, 0.05) is 24.3 Å². The van der Waals surface area contributed by atoms with Gasteiger partial charge in [-0.2, -0.15) is 0 Å². The molecular formula is C13H20N4O3S. The van der Waals surface area contributed by atoms with Gasteiger partial charge < -0.3 is 21.0 Å². The fourth-order valence-corrected chi connectivity index (χ4v) is 3.19. The molecule has 1 aromatic rings. The highest BCUT2D eigenvalue weighted by atomic mass is 32.1. The minimum absolute atomic E-state index is 0.0641. The van der Waals surface area contributed by atoms with Gasteiger partial charge in [0.05, 0.1) is 6.04 Å². The summed E-state index contributed by atoms with van der Waals surface area (Å²) in [5, 5.41) is 17.7. The van der Waals surface area contributed by atoms with Crippen molar-refractivity contribution >= 4 is 23.1 Å². The zero-order chi connectivity index (χ0) is 15.5. The van der Waals surface area contributed by atoms with Crippen molar-refractivity contribution in [3.05, 3.63) is 16.1 Å². The summed E-state index contributed by atoms with van der Waals surface area (Å²) in [6.07, 6.45) is 0.802. The first-order valence-electron chi connectivity index (χ1n) is 6.78. The number of ether oxygens (including phenoxy) is 1. The van der Waals surface area contributed by atoms with Gasteiger partial charge in [-0.15, -0.1) is 11.3 Å². The lowest BCUT2D eigenvalue weighted by Gasteiger charge is -2.35. The molecule has 1 aliphatic heterocycles. The molecule has 4 N–H and O–H groups in total. The standard InChI is InChI=1S/C13H20N4O3S/c1-8-7-21-10(15-8)9(2)16-12(18)13(11(14)17-19)3-5-20-6-4-13/h7,9,19H,3-6H2,1-2H3,(H2,14,17)(H,16,18). The van der Waals surface area contributed by atoms with Gasteiger partial charge in [0.1, 0.15) is 10.4 Å². The number of rotatable bonds is 4. The second kappa shape index (κ2) is 6.40. The summed E-state index contributed by atoms with van der Waals surface area (Å²) in [5.41, 5.74) is 5.69. The van der Waals surface area contributed by atoms with Gasteiger partial charge in [-0.1, -0.05) is 5.16 Å². The number of thiazole rings is 1. The van der Waals surface area contributed by atoms with Crippen LogP contribution in [0.4, 0.5) is 0 Å². The normalized spacial score (nSPS) is 20.0. The SMILES string of the molecule is Cc1csc(C(C)NC(=O)C2(C(N)=NO)CCOCC2)n1. The van der Waals surface area contributed by atoms with Crippen LogP contribution in [0.5, 0.6) is 0 Å². The first-order chi connectivity index (χ1) is 9.99. The van der Waals surface area contributed by atoms with Crippen LogP contribution in [0.25, 0.3) is 0 Å². The maximum Gasteiger partial charge on any atom is 0.234 e. The first-order valence-corrected chi connectivity index (χ1v) is 7.66. The topological polar surface area (TPSA) is 110 Å². The quantitative estimate of drug-likeness (QED) is 0.334. The number of amides is 1. The smallest absolute Gasteiger partial charge is 0.234 e. The average molecular weight is 312 g/mol. The van der Waals surface area contributed by atoms with Crippen LogP contribution in [0.1, 0.15) is 36.5 Å². The van der Waals surface area contributed by atoms with Crippen molar-refractivity contribution in [2.75, 3.05) is 13.2 Å². The van der Waals surface area contributed by atoms with Crippen molar-refractivity contribution in [3.8, 4) is 0 Å². The molecule has 21 heavy (non-hydrogen) atoms. The third kappa shape index (κ3) is 3.16. The van der Waals surface area contributed by atoms with Gasteiger partial charge in [0.2, 0.25) is 5.91 Å². The number of carbonyl (C=O) groups excluding carboxylic acids is 1. The van der Waals surface area contributed by atoms with E-state index in [2.05, 4.69) is 15.5 Å². The van der Waals surface area contributed by atoms with Gasteiger partial charge in [-0.3, -0.25) is 4.79 Å². The zero-order valence-corrected chi connectivity index (χ0v) is 12.9. The fraction of sp³-hybridized carbons (Fsp3) is 0.615. The number of aromatic nitrogens is 1. The van der Waals surface area contributed by atoms with Crippen LogP contribution in [0.15, 0.2) is 10.5 Å². The molecule has 116 valence electrons. The Balaban J connectivity index is 2.15. The Labute approximate surface area is 127 Å². The molecule has 2 rings (SSSR count). The summed E-state index contributed by atoms with van der Waals surface area (Å²) in [5.74, 6) is -0.313. The number of oxime groups is 1. The molecule has 1 atom stereocenters. The van der Waals surface area contributed by atoms with E-state index in [0.717, 1.165) is 10.7 Å². The third-order valence-corrected chi connectivity index (χ3v) is 4.88. The second-order valence-corrected chi connectivity index (χ2v) is 6.09. The van der Waals surface area contributed by atoms with Crippen LogP contribution in [0.2, 0.25) is 0 Å². The summed E-state index contributed by atoms with van der Waals surface area (Å²) >= 11 is 1.50. The average Bonchev–Trinajstić information content (AvgIpc) is 2.93. The molecule has 1 aromatic heterocycles. The molecule has 1 saturated heterocycles. The van der Waals surface area contributed by atoms with E-state index in [1.54, 1.807) is 0 Å². The van der Waals surface area contributed by atoms with Crippen molar-refractivity contribution in [1.82, 2.24) is 10.3 Å². The van der Waals surface area contributed by atoms with E-state index in [-0.39, 0.29) is 17.8 Å². The molecule has 7 nitrogen and oxygen atoms in total. The van der Waals surface area contributed by atoms with Gasteiger partial charge >= 0.3 is 0 Å². The Hall–Kier alpha value is -1.67. The van der Waals surface area contributed by atoms with Crippen LogP contribution in [0.3, 0.4) is 0 Å². The Morgan fingerprint density at radius 3 is 2.81 bits per heavy atom. The minimum Gasteiger partial charge on any atom is -0.409 e. The summed E-state index contributed by atoms with van der Waals surface area (Å²) < 4.78 is 5.28. The Morgan fingerprint density at radius 2 is 2.29 bits per heavy atom. The number of amidine groups is 1. The molecule has 1 unspecified atom stereocenters. The molecule has 1 amide bonds. The number of nitrogens with one attached hydrogen (secondary N) is 1. The van der Waals surface area contributed by atoms with E-state index < -0.39 is 5.41 Å². The first kappa shape index (κ1) is 15.7. The van der Waals surface area contributed by atoms with Gasteiger partial charge in [-0.05, 0) is 26.7 Å². The highest BCUT2D eigenvalue weighted by Crippen LogP contribution is 2.32. The van der Waals surface area contributed by atoms with Crippen LogP contribution < -0.4 is 11.1 Å². The molecule has 0 spiro atoms. The van der Waals surface area contributed by atoms with Crippen molar-refractivity contribution < 1.29 is 14.7 Å². The van der Waals surface area contributed by atoms with Crippen molar-refractivity contribution in [2.45, 2.75) is 32.7 Å². The molecule has 0 saturated carbocycles. The van der Waals surface area contributed by atoms with Gasteiger partial charge in [-0.25, -0.2) is 4.98 Å². The van der Waals surface area contributed by atoms with Crippen LogP contribution in [-0.2, 0) is 9.53 Å². The Bertz CT molecular complexity index is 537. The Kier molecular flexibility index (Phi) is 4.79. The van der Waals surface area contributed by atoms with E-state index in [9.17, 15) is 4.79 Å². The van der Waals surface area contributed by atoms with E-state index in [1.165, 1.54) is 11.3 Å². The summed E-state index contributed by atoms with van der Waals surface area (Å²) in [7, 11) is 0. The number of nitrogens with two attached hydrogens (primary N) is 1. The maximum absolute atomic E-state index is 12.6. The van der Waals surface area contributed by atoms with E-state index in [0.29, 0.717) is 26.1 Å². The van der Waals surface area contributed by atoms with Crippen molar-refractivity contribution in [1.29, 1.82) is 0 Å². The lowest BCUT2D eigenvalue weighted by atomic mass is 9.78. The molecule has 0 aliphatic carbocycles. The van der Waals surface area contributed by atoms with Gasteiger partial charge in [0.15, 0.2) is 5.84 Å². The second-order valence-electron chi connectivity index (χ2n) is 5.20. The zero-order valence-electron chi connectivity index (χ0n) is 12.1. The monoisotopic (exact) mass is 312 g/mol. The van der Waals surface area contributed by atoms with Crippen LogP contribution in [0, 0.1) is 12.3 Å². The lowest BCUT2D eigenvalue weighted by Crippen LogP contribution is -2.53. The molecule has 2 heterocycles. The maximum atomic E-state index is 12.6. The third-order valence-electron chi connectivity index (χ3n) is 3.73. The van der Waals surface area contributed by atoms with E-state index >= 15 is 0 Å². The van der Waals surface area contributed by atoms with Crippen LogP contribution >= 0.6 is 11.3 Å². The lowest BCUT2D eigenvalue weighted by molar-refractivity contribution is -0.132. The fourth-order valence-electron chi connectivity index (χ4n) is 2.38. The summed E-state index contributed by atoms with van der Waals surface area (Å²) in [4.78, 5) is 17.0. The van der Waals surface area contributed by atoms with E-state index in [1.807, 2.05) is 19.2 Å². The molecule has 0 radical (unpaired) electrons. The summed E-state index contributed by atoms with van der Waals surface area (Å²) in [6, 6.07) is -0.220. The number of carbonyl (C=O) groups is 1. The van der Waals surface area contributed by atoms with Gasteiger partial charge in [0.25, 0.3) is 0 Å². The summed E-state index contributed by atoms with van der Waals surface area (Å²) in [6.45, 7) is 4.60. The predicted octanol–water partition coefficient (Wildman–Crippen LogP) is 1.17. The molecule has 1 fully saturated rings. The molecule has 0 bridgehead atoms. The minimum atomic E-state index is -1.01. The number of hydrogen-bond donors (Lipinski definition) is 3. The largest absolute Gasteiger partial charge is 0.409 e. The van der Waals surface area contributed by atoms with E-state index in [4.69, 9.17) is 15.7 Å². The number of aryl methyl sites for hydroxylation is 1. The van der Waals surface area contributed by atoms with Crippen molar-refractivity contribution in [2.24, 2.45) is 16.3 Å². The van der Waals surface area contributed by atoms with Crippen molar-refractivity contribution in [3.63, 3.8) is 0 Å². The predicted molar refractivity (Wildman–Crippen MR) is 79.3 cm³/mol. The van der Waals surface area contributed by atoms with Crippen LogP contribution in [-0.4, -0.2) is 35.1 Å². The number of hydrogen-bond acceptors (Lipinski definition) is 6. The highest BCUT2D eigenvalue weighted by Gasteiger charge is 2.45. The molecular weight excluding hydrogens is 292 g/mol. The molecule has 1 aliphatic rings. The number of nitrogens with zero attached hydrogens (tertiary/aromatic N) is 2. The molecule has 0 aromatic carbocycles. The highest BCUT2D eigenvalue weighted by molar-refractivity contribution is 7.09. The molecule has 8 heteroatoms.